The Morgan fingerprint density at radius 1 is 0.583 bits per heavy atom. The highest BCUT2D eigenvalue weighted by molar-refractivity contribution is 5.87. The summed E-state index contributed by atoms with van der Waals surface area (Å²) in [4.78, 5) is 45.4. The largest absolute Gasteiger partial charge is 0.548 e. The number of carboxylic acids is 2. The van der Waals surface area contributed by atoms with Crippen LogP contribution in [0.4, 0.5) is 0 Å². The molecule has 12 nitrogen and oxygen atoms in total. The Labute approximate surface area is 216 Å². The normalized spacial score (nSPS) is 16.9. The highest BCUT2D eigenvalue weighted by Gasteiger charge is 2.26. The molecule has 0 aromatic carbocycles. The van der Waals surface area contributed by atoms with E-state index in [1.54, 1.807) is 13.8 Å². The molecule has 0 aliphatic heterocycles. The SMILES string of the molecule is CC[C@H](C)[C@H](N)C(=O)N[C@H](C(=O)[O-])[C@@H](C)CC.CC[C@H](C)[C@H](N)C(=O)N[C@H](C(=O)[O-])[C@@H](C)CC.[NH4+].[NH4+]. The van der Waals surface area contributed by atoms with E-state index in [1.165, 1.54) is 0 Å². The van der Waals surface area contributed by atoms with E-state index in [9.17, 15) is 29.4 Å². The Balaban J connectivity index is -0.000000269. The maximum absolute atomic E-state index is 11.8. The summed E-state index contributed by atoms with van der Waals surface area (Å²) in [5, 5.41) is 26.8. The number of nitrogens with two attached hydrogens (primary N) is 2. The van der Waals surface area contributed by atoms with Gasteiger partial charge in [0.05, 0.1) is 36.1 Å². The molecular formula is C24H54N6O6. The minimum Gasteiger partial charge on any atom is -0.548 e. The number of quaternary nitrogens is 2. The van der Waals surface area contributed by atoms with Crippen LogP contribution in [0.5, 0.6) is 0 Å². The predicted molar refractivity (Wildman–Crippen MR) is 140 cm³/mol. The van der Waals surface area contributed by atoms with Gasteiger partial charge in [-0.2, -0.15) is 0 Å². The first-order valence-corrected chi connectivity index (χ1v) is 12.2. The second kappa shape index (κ2) is 20.9. The molecular weight excluding hydrogens is 468 g/mol. The molecule has 14 N–H and O–H groups in total. The zero-order chi connectivity index (χ0) is 27.2. The van der Waals surface area contributed by atoms with E-state index in [2.05, 4.69) is 10.6 Å². The summed E-state index contributed by atoms with van der Waals surface area (Å²) in [5.74, 6) is -3.67. The first-order valence-electron chi connectivity index (χ1n) is 12.2. The molecule has 0 rings (SSSR count). The van der Waals surface area contributed by atoms with Crippen LogP contribution in [-0.4, -0.2) is 47.9 Å². The Kier molecular flexibility index (Phi) is 23.7. The lowest BCUT2D eigenvalue weighted by atomic mass is 9.96. The van der Waals surface area contributed by atoms with E-state index in [1.807, 2.05) is 41.5 Å². The Bertz CT molecular complexity index is 597. The molecule has 0 aliphatic carbocycles. The second-order valence-corrected chi connectivity index (χ2v) is 9.20. The molecule has 0 fully saturated rings. The summed E-state index contributed by atoms with van der Waals surface area (Å²) in [6.45, 7) is 14.8. The third-order valence-electron chi connectivity index (χ3n) is 6.65. The molecule has 8 atom stereocenters. The van der Waals surface area contributed by atoms with Crippen molar-refractivity contribution in [1.82, 2.24) is 22.9 Å². The van der Waals surface area contributed by atoms with Crippen molar-refractivity contribution in [2.24, 2.45) is 35.1 Å². The summed E-state index contributed by atoms with van der Waals surface area (Å²) >= 11 is 0. The molecule has 12 heteroatoms. The van der Waals surface area contributed by atoms with Crippen molar-refractivity contribution in [3.63, 3.8) is 0 Å². The van der Waals surface area contributed by atoms with E-state index in [0.29, 0.717) is 12.8 Å². The van der Waals surface area contributed by atoms with Crippen LogP contribution in [0.15, 0.2) is 0 Å². The van der Waals surface area contributed by atoms with Crippen molar-refractivity contribution >= 4 is 23.8 Å². The third kappa shape index (κ3) is 14.3. The van der Waals surface area contributed by atoms with Crippen LogP contribution in [-0.2, 0) is 19.2 Å². The molecule has 0 unspecified atom stereocenters. The number of hydrogen-bond acceptors (Lipinski definition) is 8. The van der Waals surface area contributed by atoms with Gasteiger partial charge in [-0.15, -0.1) is 0 Å². The first kappa shape index (κ1) is 40.9. The van der Waals surface area contributed by atoms with Crippen LogP contribution in [0, 0.1) is 23.7 Å². The van der Waals surface area contributed by atoms with Crippen LogP contribution >= 0.6 is 0 Å². The van der Waals surface area contributed by atoms with E-state index in [-0.39, 0.29) is 36.0 Å². The van der Waals surface area contributed by atoms with Gasteiger partial charge in [-0.05, 0) is 23.7 Å². The van der Waals surface area contributed by atoms with Crippen LogP contribution in [0.2, 0.25) is 0 Å². The lowest BCUT2D eigenvalue weighted by Crippen LogP contribution is -2.56. The van der Waals surface area contributed by atoms with Crippen molar-refractivity contribution in [1.29, 1.82) is 0 Å². The zero-order valence-electron chi connectivity index (χ0n) is 24.1. The van der Waals surface area contributed by atoms with Crippen molar-refractivity contribution < 1.29 is 29.4 Å². The van der Waals surface area contributed by atoms with Crippen LogP contribution < -0.4 is 44.6 Å². The highest BCUT2D eigenvalue weighted by atomic mass is 16.4. The molecule has 0 saturated heterocycles. The molecule has 36 heavy (non-hydrogen) atoms. The minimum absolute atomic E-state index is 0. The van der Waals surface area contributed by atoms with E-state index >= 15 is 0 Å². The Hall–Kier alpha value is -2.28. The van der Waals surface area contributed by atoms with Crippen LogP contribution in [0.1, 0.15) is 81.1 Å². The van der Waals surface area contributed by atoms with Crippen molar-refractivity contribution in [3.8, 4) is 0 Å². The summed E-state index contributed by atoms with van der Waals surface area (Å²) in [6, 6.07) is -3.29. The van der Waals surface area contributed by atoms with Gasteiger partial charge in [0.1, 0.15) is 0 Å². The Morgan fingerprint density at radius 3 is 0.972 bits per heavy atom. The number of hydrogen-bond donors (Lipinski definition) is 6. The molecule has 0 aromatic heterocycles. The predicted octanol–water partition coefficient (Wildman–Crippen LogP) is 0.0336. The average Bonchev–Trinajstić information content (AvgIpc) is 2.82. The lowest BCUT2D eigenvalue weighted by Gasteiger charge is -2.27. The molecule has 2 amide bonds. The number of carbonyl (C=O) groups is 4. The van der Waals surface area contributed by atoms with E-state index in [4.69, 9.17) is 11.5 Å². The molecule has 0 aliphatic rings. The minimum atomic E-state index is -1.26. The van der Waals surface area contributed by atoms with Crippen LogP contribution in [0.3, 0.4) is 0 Å². The molecule has 0 aromatic rings. The summed E-state index contributed by atoms with van der Waals surface area (Å²) in [5.41, 5.74) is 11.5. The second-order valence-electron chi connectivity index (χ2n) is 9.20. The summed E-state index contributed by atoms with van der Waals surface area (Å²) in [6.07, 6.45) is 2.84. The fourth-order valence-corrected chi connectivity index (χ4v) is 2.86. The Morgan fingerprint density at radius 2 is 0.806 bits per heavy atom. The van der Waals surface area contributed by atoms with Gasteiger partial charge >= 0.3 is 0 Å². The number of nitrogens with one attached hydrogen (secondary N) is 2. The van der Waals surface area contributed by atoms with Gasteiger partial charge in [0.25, 0.3) is 0 Å². The number of rotatable bonds is 14. The number of amides is 2. The molecule has 0 spiro atoms. The van der Waals surface area contributed by atoms with Gasteiger partial charge < -0.3 is 54.2 Å². The fourth-order valence-electron chi connectivity index (χ4n) is 2.86. The quantitative estimate of drug-likeness (QED) is 0.181. The summed E-state index contributed by atoms with van der Waals surface area (Å²) in [7, 11) is 0. The van der Waals surface area contributed by atoms with Gasteiger partial charge in [0.15, 0.2) is 0 Å². The zero-order valence-corrected chi connectivity index (χ0v) is 24.1. The standard InChI is InChI=1S/2C12H24N2O3.2H3N/c2*1-5-7(3)9(13)11(15)14-10(12(16)17)8(4)6-2;;/h2*7-10H,5-6,13H2,1-4H3,(H,14,15)(H,16,17);2*1H3/t2*7-,8-,9-,10-;;/m00../s1. The molecule has 216 valence electrons. The smallest absolute Gasteiger partial charge is 0.237 e. The van der Waals surface area contributed by atoms with Gasteiger partial charge in [0.2, 0.25) is 11.8 Å². The maximum atomic E-state index is 11.8. The third-order valence-corrected chi connectivity index (χ3v) is 6.65. The molecule has 0 saturated carbocycles. The van der Waals surface area contributed by atoms with Gasteiger partial charge in [-0.3, -0.25) is 9.59 Å². The number of carboxylic acid groups (broad SMARTS) is 2. The summed E-state index contributed by atoms with van der Waals surface area (Å²) < 4.78 is 0. The van der Waals surface area contributed by atoms with Gasteiger partial charge in [0, 0.05) is 0 Å². The fraction of sp³-hybridized carbons (Fsp3) is 0.833. The molecule has 0 heterocycles. The lowest BCUT2D eigenvalue weighted by molar-refractivity contribution is -0.310. The maximum Gasteiger partial charge on any atom is 0.237 e. The van der Waals surface area contributed by atoms with Crippen molar-refractivity contribution in [2.45, 2.75) is 105 Å². The van der Waals surface area contributed by atoms with Crippen LogP contribution in [0.25, 0.3) is 0 Å². The molecule has 0 radical (unpaired) electrons. The van der Waals surface area contributed by atoms with Gasteiger partial charge in [-0.1, -0.05) is 81.1 Å². The highest BCUT2D eigenvalue weighted by Crippen LogP contribution is 2.11. The van der Waals surface area contributed by atoms with E-state index < -0.39 is 47.9 Å². The monoisotopic (exact) mass is 522 g/mol. The first-order chi connectivity index (χ1) is 15.7. The topological polar surface area (TPSA) is 264 Å². The van der Waals surface area contributed by atoms with Crippen molar-refractivity contribution in [2.75, 3.05) is 0 Å². The van der Waals surface area contributed by atoms with Gasteiger partial charge in [-0.25, -0.2) is 0 Å². The number of aliphatic carboxylic acids is 2. The van der Waals surface area contributed by atoms with Crippen molar-refractivity contribution in [3.05, 3.63) is 0 Å². The molecule has 0 bridgehead atoms. The average molecular weight is 523 g/mol. The number of carbonyl (C=O) groups excluding carboxylic acids is 4. The van der Waals surface area contributed by atoms with E-state index in [0.717, 1.165) is 12.8 Å².